The Hall–Kier alpha value is -0.520. The second kappa shape index (κ2) is 2.51. The quantitative estimate of drug-likeness (QED) is 0.527. The van der Waals surface area contributed by atoms with E-state index in [1.807, 2.05) is 0 Å². The molecule has 2 unspecified atom stereocenters. The van der Waals surface area contributed by atoms with Crippen LogP contribution in [0.25, 0.3) is 0 Å². The van der Waals surface area contributed by atoms with E-state index in [4.69, 9.17) is 0 Å². The molecule has 0 heteroatoms. The Balaban J connectivity index is 1.98. The Morgan fingerprint density at radius 3 is 2.91 bits per heavy atom. The van der Waals surface area contributed by atoms with E-state index in [9.17, 15) is 0 Å². The predicted molar refractivity (Wildman–Crippen MR) is 48.3 cm³/mol. The topological polar surface area (TPSA) is 0 Å². The molecule has 2 bridgehead atoms. The highest BCUT2D eigenvalue weighted by Crippen LogP contribution is 2.46. The van der Waals surface area contributed by atoms with Crippen molar-refractivity contribution in [1.82, 2.24) is 0 Å². The van der Waals surface area contributed by atoms with Crippen LogP contribution in [-0.4, -0.2) is 0 Å². The van der Waals surface area contributed by atoms with Crippen molar-refractivity contribution in [1.29, 1.82) is 0 Å². The van der Waals surface area contributed by atoms with Crippen molar-refractivity contribution < 1.29 is 0 Å². The molecule has 0 aromatic heterocycles. The molecule has 60 valence electrons. The van der Waals surface area contributed by atoms with Gasteiger partial charge in [-0.3, -0.25) is 0 Å². The smallest absolute Gasteiger partial charge is 0.0286 e. The molecule has 2 atom stereocenters. The summed E-state index contributed by atoms with van der Waals surface area (Å²) < 4.78 is 0. The summed E-state index contributed by atoms with van der Waals surface area (Å²) in [7, 11) is 0. The number of rotatable bonds is 2. The van der Waals surface area contributed by atoms with Gasteiger partial charge in [0, 0.05) is 0 Å². The van der Waals surface area contributed by atoms with E-state index in [0.29, 0.717) is 0 Å². The molecule has 0 radical (unpaired) electrons. The summed E-state index contributed by atoms with van der Waals surface area (Å²) in [6.07, 6.45) is 7.84. The van der Waals surface area contributed by atoms with Gasteiger partial charge in [0.15, 0.2) is 0 Å². The van der Waals surface area contributed by atoms with Crippen molar-refractivity contribution in [3.63, 3.8) is 0 Å². The van der Waals surface area contributed by atoms with E-state index in [1.165, 1.54) is 31.3 Å². The van der Waals surface area contributed by atoms with Crippen LogP contribution in [0.2, 0.25) is 0 Å². The summed E-state index contributed by atoms with van der Waals surface area (Å²) in [5, 5.41) is 0. The number of fused-ring (bicyclic) bond motifs is 2. The molecule has 0 saturated heterocycles. The molecule has 1 fully saturated rings. The third kappa shape index (κ3) is 1.26. The summed E-state index contributed by atoms with van der Waals surface area (Å²) in [6, 6.07) is 0. The van der Waals surface area contributed by atoms with Crippen molar-refractivity contribution in [2.45, 2.75) is 32.6 Å². The summed E-state index contributed by atoms with van der Waals surface area (Å²) >= 11 is 0. The molecule has 0 N–H and O–H groups in total. The molecule has 2 rings (SSSR count). The normalized spacial score (nSPS) is 34.1. The standard InChI is InChI=1S/C11H16/c1-8(2)5-11-7-9-3-4-10(11)6-9/h3,10-11H,1,4-7H2,2H3. The fourth-order valence-corrected chi connectivity index (χ4v) is 2.54. The predicted octanol–water partition coefficient (Wildman–Crippen LogP) is 3.31. The lowest BCUT2D eigenvalue weighted by molar-refractivity contribution is 0.387. The highest BCUT2D eigenvalue weighted by molar-refractivity contribution is 5.19. The van der Waals surface area contributed by atoms with E-state index in [2.05, 4.69) is 19.6 Å². The van der Waals surface area contributed by atoms with Crippen LogP contribution < -0.4 is 0 Å². The van der Waals surface area contributed by atoms with Gasteiger partial charge in [0.2, 0.25) is 0 Å². The minimum Gasteiger partial charge on any atom is -0.100 e. The Morgan fingerprint density at radius 2 is 2.45 bits per heavy atom. The fraction of sp³-hybridized carbons (Fsp3) is 0.636. The summed E-state index contributed by atoms with van der Waals surface area (Å²) in [6.45, 7) is 6.14. The van der Waals surface area contributed by atoms with E-state index in [0.717, 1.165) is 11.8 Å². The van der Waals surface area contributed by atoms with Crippen molar-refractivity contribution >= 4 is 0 Å². The highest BCUT2D eigenvalue weighted by atomic mass is 14.4. The van der Waals surface area contributed by atoms with Crippen LogP contribution in [0, 0.1) is 11.8 Å². The highest BCUT2D eigenvalue weighted by Gasteiger charge is 2.33. The van der Waals surface area contributed by atoms with Gasteiger partial charge >= 0.3 is 0 Å². The van der Waals surface area contributed by atoms with Gasteiger partial charge in [-0.25, -0.2) is 0 Å². The van der Waals surface area contributed by atoms with Crippen molar-refractivity contribution in [3.8, 4) is 0 Å². The first-order chi connectivity index (χ1) is 5.25. The number of hydrogen-bond donors (Lipinski definition) is 0. The lowest BCUT2D eigenvalue weighted by Crippen LogP contribution is -2.07. The lowest BCUT2D eigenvalue weighted by Gasteiger charge is -2.18. The molecule has 0 nitrogen and oxygen atoms in total. The molecule has 2 aliphatic carbocycles. The van der Waals surface area contributed by atoms with E-state index in [1.54, 1.807) is 5.57 Å². The minimum atomic E-state index is 0.951. The van der Waals surface area contributed by atoms with Gasteiger partial charge in [0.25, 0.3) is 0 Å². The van der Waals surface area contributed by atoms with Gasteiger partial charge in [-0.15, -0.1) is 6.58 Å². The van der Waals surface area contributed by atoms with Gasteiger partial charge in [-0.2, -0.15) is 0 Å². The first kappa shape index (κ1) is 7.15. The first-order valence-corrected chi connectivity index (χ1v) is 4.58. The maximum Gasteiger partial charge on any atom is -0.0286 e. The van der Waals surface area contributed by atoms with Crippen LogP contribution >= 0.6 is 0 Å². The Bertz CT molecular complexity index is 210. The Morgan fingerprint density at radius 1 is 1.64 bits per heavy atom. The van der Waals surface area contributed by atoms with E-state index < -0.39 is 0 Å². The first-order valence-electron chi connectivity index (χ1n) is 4.58. The van der Waals surface area contributed by atoms with Gasteiger partial charge < -0.3 is 0 Å². The van der Waals surface area contributed by atoms with Gasteiger partial charge in [-0.05, 0) is 44.4 Å². The van der Waals surface area contributed by atoms with Crippen LogP contribution in [0.3, 0.4) is 0 Å². The largest absolute Gasteiger partial charge is 0.100 e. The molecule has 2 aliphatic rings. The fourth-order valence-electron chi connectivity index (χ4n) is 2.54. The van der Waals surface area contributed by atoms with Gasteiger partial charge in [0.05, 0.1) is 0 Å². The van der Waals surface area contributed by atoms with Crippen LogP contribution in [0.15, 0.2) is 23.8 Å². The van der Waals surface area contributed by atoms with Crippen molar-refractivity contribution in [3.05, 3.63) is 23.8 Å². The Kier molecular flexibility index (Phi) is 1.63. The maximum absolute atomic E-state index is 3.98. The molecule has 0 aromatic carbocycles. The molecule has 0 amide bonds. The molecule has 0 aliphatic heterocycles. The summed E-state index contributed by atoms with van der Waals surface area (Å²) in [5.74, 6) is 1.94. The lowest BCUT2D eigenvalue weighted by atomic mass is 9.87. The van der Waals surface area contributed by atoms with E-state index in [-0.39, 0.29) is 0 Å². The molecule has 0 aromatic rings. The number of hydrogen-bond acceptors (Lipinski definition) is 0. The number of allylic oxidation sites excluding steroid dienone is 3. The molecule has 11 heavy (non-hydrogen) atoms. The summed E-state index contributed by atoms with van der Waals surface area (Å²) in [5.41, 5.74) is 3.09. The summed E-state index contributed by atoms with van der Waals surface area (Å²) in [4.78, 5) is 0. The molecule has 1 saturated carbocycles. The molecular weight excluding hydrogens is 132 g/mol. The molecule has 0 spiro atoms. The van der Waals surface area contributed by atoms with Crippen molar-refractivity contribution in [2.24, 2.45) is 11.8 Å². The van der Waals surface area contributed by atoms with Crippen molar-refractivity contribution in [2.75, 3.05) is 0 Å². The monoisotopic (exact) mass is 148 g/mol. The van der Waals surface area contributed by atoms with Crippen LogP contribution in [0.1, 0.15) is 32.6 Å². The average molecular weight is 148 g/mol. The third-order valence-corrected chi connectivity index (χ3v) is 3.04. The van der Waals surface area contributed by atoms with E-state index >= 15 is 0 Å². The zero-order valence-electron chi connectivity index (χ0n) is 7.27. The second-order valence-corrected chi connectivity index (χ2v) is 4.19. The zero-order valence-corrected chi connectivity index (χ0v) is 7.27. The van der Waals surface area contributed by atoms with Gasteiger partial charge in [0.1, 0.15) is 0 Å². The Labute approximate surface area is 69.0 Å². The van der Waals surface area contributed by atoms with Gasteiger partial charge in [-0.1, -0.05) is 17.2 Å². The average Bonchev–Trinajstić information content (AvgIpc) is 2.45. The van der Waals surface area contributed by atoms with Crippen LogP contribution in [0.4, 0.5) is 0 Å². The third-order valence-electron chi connectivity index (χ3n) is 3.04. The zero-order chi connectivity index (χ0) is 7.84. The molecule has 0 heterocycles. The minimum absolute atomic E-state index is 0.951. The molecular formula is C11H16. The van der Waals surface area contributed by atoms with Crippen LogP contribution in [-0.2, 0) is 0 Å². The van der Waals surface area contributed by atoms with Crippen LogP contribution in [0.5, 0.6) is 0 Å². The maximum atomic E-state index is 3.98. The SMILES string of the molecule is C=C(C)CC1CC2=CCC1C2. The second-order valence-electron chi connectivity index (χ2n) is 4.19.